The van der Waals surface area contributed by atoms with Crippen LogP contribution in [0.2, 0.25) is 5.02 Å². The van der Waals surface area contributed by atoms with E-state index in [-0.39, 0.29) is 30.4 Å². The topological polar surface area (TPSA) is 79.4 Å². The van der Waals surface area contributed by atoms with Crippen LogP contribution in [0, 0.1) is 0 Å². The van der Waals surface area contributed by atoms with Crippen LogP contribution in [-0.4, -0.2) is 40.1 Å². The molecule has 2 aromatic rings. The minimum absolute atomic E-state index is 0.0858. The highest BCUT2D eigenvalue weighted by atomic mass is 35.5. The van der Waals surface area contributed by atoms with Crippen molar-refractivity contribution in [1.82, 2.24) is 9.88 Å². The first-order valence-electron chi connectivity index (χ1n) is 8.33. The largest absolute Gasteiger partial charge is 0.331 e. The molecular weight excluding hydrogens is 374 g/mol. The lowest BCUT2D eigenvalue weighted by Crippen LogP contribution is -2.43. The van der Waals surface area contributed by atoms with Gasteiger partial charge in [-0.05, 0) is 37.1 Å². The van der Waals surface area contributed by atoms with Crippen LogP contribution in [0.4, 0.5) is 5.13 Å². The van der Waals surface area contributed by atoms with Gasteiger partial charge in [0.1, 0.15) is 6.04 Å². The molecular formula is C18H18ClN3O3S. The fraction of sp³-hybridized carbons (Fsp3) is 0.333. The number of carbonyl (C=O) groups excluding carboxylic acids is 3. The Labute approximate surface area is 160 Å². The highest BCUT2D eigenvalue weighted by molar-refractivity contribution is 7.13. The molecule has 3 rings (SSSR count). The summed E-state index contributed by atoms with van der Waals surface area (Å²) in [7, 11) is 0. The average molecular weight is 392 g/mol. The van der Waals surface area contributed by atoms with Gasteiger partial charge in [0.05, 0.1) is 0 Å². The van der Waals surface area contributed by atoms with Gasteiger partial charge in [0.2, 0.25) is 11.8 Å². The van der Waals surface area contributed by atoms with Crippen LogP contribution < -0.4 is 5.32 Å². The van der Waals surface area contributed by atoms with Gasteiger partial charge in [0.25, 0.3) is 0 Å². The number of rotatable bonds is 6. The van der Waals surface area contributed by atoms with Crippen molar-refractivity contribution < 1.29 is 14.4 Å². The van der Waals surface area contributed by atoms with Gasteiger partial charge in [-0.3, -0.25) is 14.4 Å². The maximum absolute atomic E-state index is 12.5. The van der Waals surface area contributed by atoms with Gasteiger partial charge in [-0.2, -0.15) is 0 Å². The number of hydrogen-bond donors (Lipinski definition) is 1. The number of anilines is 1. The van der Waals surface area contributed by atoms with E-state index in [1.165, 1.54) is 11.3 Å². The monoisotopic (exact) mass is 391 g/mol. The van der Waals surface area contributed by atoms with Crippen molar-refractivity contribution in [1.29, 1.82) is 0 Å². The molecule has 0 aliphatic carbocycles. The molecule has 26 heavy (non-hydrogen) atoms. The molecule has 136 valence electrons. The molecule has 1 atom stereocenters. The zero-order valence-corrected chi connectivity index (χ0v) is 15.6. The number of nitrogens with zero attached hydrogens (tertiary/aromatic N) is 2. The molecule has 1 aromatic heterocycles. The Kier molecular flexibility index (Phi) is 6.00. The summed E-state index contributed by atoms with van der Waals surface area (Å²) >= 11 is 7.14. The number of thiazole rings is 1. The summed E-state index contributed by atoms with van der Waals surface area (Å²) in [5.74, 6) is -0.517. The minimum Gasteiger partial charge on any atom is -0.331 e. The van der Waals surface area contributed by atoms with Crippen LogP contribution in [-0.2, 0) is 9.59 Å². The first-order chi connectivity index (χ1) is 12.5. The van der Waals surface area contributed by atoms with Crippen LogP contribution in [0.1, 0.15) is 36.0 Å². The van der Waals surface area contributed by atoms with E-state index in [1.54, 1.807) is 40.7 Å². The maximum atomic E-state index is 12.5. The van der Waals surface area contributed by atoms with E-state index in [1.807, 2.05) is 0 Å². The van der Waals surface area contributed by atoms with Crippen LogP contribution in [0.5, 0.6) is 0 Å². The van der Waals surface area contributed by atoms with E-state index >= 15 is 0 Å². The molecule has 0 bridgehead atoms. The third-order valence-electron chi connectivity index (χ3n) is 4.27. The van der Waals surface area contributed by atoms with Crippen LogP contribution >= 0.6 is 22.9 Å². The summed E-state index contributed by atoms with van der Waals surface area (Å²) in [5, 5.41) is 5.59. The third-order valence-corrected chi connectivity index (χ3v) is 5.21. The molecule has 1 fully saturated rings. The number of Topliss-reactive ketones (excluding diaryl/α,β-unsaturated/α-hetero) is 1. The highest BCUT2D eigenvalue weighted by Crippen LogP contribution is 2.22. The number of amides is 2. The average Bonchev–Trinajstić information content (AvgIpc) is 3.31. The molecule has 8 heteroatoms. The van der Waals surface area contributed by atoms with E-state index < -0.39 is 6.04 Å². The van der Waals surface area contributed by atoms with Gasteiger partial charge >= 0.3 is 0 Å². The van der Waals surface area contributed by atoms with Crippen LogP contribution in [0.25, 0.3) is 0 Å². The number of halogens is 1. The quantitative estimate of drug-likeness (QED) is 0.765. The number of benzene rings is 1. The number of aromatic nitrogens is 1. The van der Waals surface area contributed by atoms with E-state index in [0.717, 1.165) is 6.42 Å². The highest BCUT2D eigenvalue weighted by Gasteiger charge is 2.34. The Balaban J connectivity index is 1.55. The Morgan fingerprint density at radius 2 is 2.00 bits per heavy atom. The second-order valence-electron chi connectivity index (χ2n) is 6.00. The van der Waals surface area contributed by atoms with Crippen molar-refractivity contribution in [3.05, 3.63) is 46.4 Å². The molecule has 1 aliphatic heterocycles. The standard InChI is InChI=1S/C18H18ClN3O3S/c19-13-5-3-12(4-6-13)15(23)7-8-16(24)22-10-1-2-14(22)17(25)21-18-20-9-11-26-18/h3-6,9,11,14H,1-2,7-8,10H2,(H,20,21,25). The van der Waals surface area contributed by atoms with Crippen molar-refractivity contribution in [3.8, 4) is 0 Å². The van der Waals surface area contributed by atoms with Gasteiger partial charge < -0.3 is 10.2 Å². The number of carbonyl (C=O) groups is 3. The Hall–Kier alpha value is -2.25. The van der Waals surface area contributed by atoms with Gasteiger partial charge in [-0.25, -0.2) is 4.98 Å². The molecule has 6 nitrogen and oxygen atoms in total. The molecule has 0 radical (unpaired) electrons. The lowest BCUT2D eigenvalue weighted by Gasteiger charge is -2.23. The molecule has 0 spiro atoms. The zero-order valence-electron chi connectivity index (χ0n) is 14.0. The number of hydrogen-bond acceptors (Lipinski definition) is 5. The first kappa shape index (κ1) is 18.5. The van der Waals surface area contributed by atoms with E-state index in [4.69, 9.17) is 11.6 Å². The van der Waals surface area contributed by atoms with Gasteiger partial charge in [0, 0.05) is 41.5 Å². The Morgan fingerprint density at radius 1 is 1.23 bits per heavy atom. The van der Waals surface area contributed by atoms with Crippen LogP contribution in [0.3, 0.4) is 0 Å². The normalized spacial score (nSPS) is 16.5. The number of ketones is 1. The van der Waals surface area contributed by atoms with Gasteiger partial charge in [-0.15, -0.1) is 11.3 Å². The first-order valence-corrected chi connectivity index (χ1v) is 9.59. The summed E-state index contributed by atoms with van der Waals surface area (Å²) in [6.07, 6.45) is 3.20. The molecule has 1 aliphatic rings. The number of likely N-dealkylation sites (tertiary alicyclic amines) is 1. The van der Waals surface area contributed by atoms with E-state index in [9.17, 15) is 14.4 Å². The SMILES string of the molecule is O=C(CCC(=O)N1CCCC1C(=O)Nc1nccs1)c1ccc(Cl)cc1. The van der Waals surface area contributed by atoms with Crippen LogP contribution in [0.15, 0.2) is 35.8 Å². The summed E-state index contributed by atoms with van der Waals surface area (Å²) in [4.78, 5) is 42.7. The minimum atomic E-state index is -0.503. The predicted molar refractivity (Wildman–Crippen MR) is 100 cm³/mol. The molecule has 1 saturated heterocycles. The van der Waals surface area contributed by atoms with Crippen molar-refractivity contribution in [2.24, 2.45) is 0 Å². The molecule has 2 heterocycles. The van der Waals surface area contributed by atoms with Gasteiger partial charge in [-0.1, -0.05) is 11.6 Å². The second-order valence-corrected chi connectivity index (χ2v) is 7.33. The Bertz CT molecular complexity index is 793. The Morgan fingerprint density at radius 3 is 2.69 bits per heavy atom. The fourth-order valence-electron chi connectivity index (χ4n) is 2.96. The molecule has 0 saturated carbocycles. The van der Waals surface area contributed by atoms with Crippen molar-refractivity contribution in [2.45, 2.75) is 31.7 Å². The van der Waals surface area contributed by atoms with E-state index in [0.29, 0.717) is 28.7 Å². The zero-order chi connectivity index (χ0) is 18.5. The fourth-order valence-corrected chi connectivity index (χ4v) is 3.61. The predicted octanol–water partition coefficient (Wildman–Crippen LogP) is 3.39. The third kappa shape index (κ3) is 4.47. The molecule has 2 amide bonds. The lowest BCUT2D eigenvalue weighted by atomic mass is 10.1. The smallest absolute Gasteiger partial charge is 0.248 e. The summed E-state index contributed by atoms with van der Waals surface area (Å²) in [6, 6.07) is 6.09. The summed E-state index contributed by atoms with van der Waals surface area (Å²) in [5.41, 5.74) is 0.529. The lowest BCUT2D eigenvalue weighted by molar-refractivity contribution is -0.136. The molecule has 1 N–H and O–H groups in total. The summed E-state index contributed by atoms with van der Waals surface area (Å²) in [6.45, 7) is 0.532. The van der Waals surface area contributed by atoms with E-state index in [2.05, 4.69) is 10.3 Å². The molecule has 1 unspecified atom stereocenters. The van der Waals surface area contributed by atoms with Crippen molar-refractivity contribution in [2.75, 3.05) is 11.9 Å². The summed E-state index contributed by atoms with van der Waals surface area (Å²) < 4.78 is 0. The second kappa shape index (κ2) is 8.42. The molecule has 1 aromatic carbocycles. The van der Waals surface area contributed by atoms with Gasteiger partial charge in [0.15, 0.2) is 10.9 Å². The van der Waals surface area contributed by atoms with Crippen molar-refractivity contribution >= 4 is 45.7 Å². The number of nitrogens with one attached hydrogen (secondary N) is 1. The van der Waals surface area contributed by atoms with Crippen molar-refractivity contribution in [3.63, 3.8) is 0 Å². The maximum Gasteiger partial charge on any atom is 0.248 e.